The quantitative estimate of drug-likeness (QED) is 0.473. The zero-order chi connectivity index (χ0) is 20.9. The third-order valence-electron chi connectivity index (χ3n) is 4.20. The summed E-state index contributed by atoms with van der Waals surface area (Å²) in [6.07, 6.45) is -5.78. The van der Waals surface area contributed by atoms with Gasteiger partial charge < -0.3 is 26.0 Å². The molecular formula is C17H23F3N4O4. The largest absolute Gasteiger partial charge is 0.416 e. The van der Waals surface area contributed by atoms with E-state index in [1.54, 1.807) is 0 Å². The maximum Gasteiger partial charge on any atom is 0.416 e. The fourth-order valence-electron chi connectivity index (χ4n) is 2.61. The van der Waals surface area contributed by atoms with Crippen LogP contribution < -0.4 is 11.1 Å². The number of nitrogens with two attached hydrogens (primary N) is 1. The molecule has 5 N–H and O–H groups in total. The molecule has 0 bridgehead atoms. The average molecular weight is 404 g/mol. The molecule has 0 saturated heterocycles. The van der Waals surface area contributed by atoms with Crippen LogP contribution >= 0.6 is 0 Å². The van der Waals surface area contributed by atoms with Crippen LogP contribution in [-0.2, 0) is 17.5 Å². The van der Waals surface area contributed by atoms with Crippen molar-refractivity contribution in [1.29, 1.82) is 0 Å². The third kappa shape index (κ3) is 5.06. The lowest BCUT2D eigenvalue weighted by atomic mass is 10.1. The molecule has 2 amide bonds. The number of aliphatic hydroxyl groups excluding tert-OH is 2. The number of amides is 2. The molecule has 0 aromatic heterocycles. The van der Waals surface area contributed by atoms with Gasteiger partial charge in [0, 0.05) is 20.1 Å². The number of carbonyl (C=O) groups is 1. The highest BCUT2D eigenvalue weighted by Crippen LogP contribution is 2.29. The maximum absolute atomic E-state index is 12.6. The van der Waals surface area contributed by atoms with Gasteiger partial charge in [-0.3, -0.25) is 9.80 Å². The van der Waals surface area contributed by atoms with Gasteiger partial charge in [-0.05, 0) is 17.7 Å². The summed E-state index contributed by atoms with van der Waals surface area (Å²) < 4.78 is 43.0. The highest BCUT2D eigenvalue weighted by Gasteiger charge is 2.36. The summed E-state index contributed by atoms with van der Waals surface area (Å²) in [7, 11) is 1.44. The van der Waals surface area contributed by atoms with Crippen LogP contribution in [-0.4, -0.2) is 65.7 Å². The Hall–Kier alpha value is -2.50. The van der Waals surface area contributed by atoms with Crippen LogP contribution in [0.3, 0.4) is 0 Å². The predicted octanol–water partition coefficient (Wildman–Crippen LogP) is 0.618. The van der Waals surface area contributed by atoms with Crippen LogP contribution in [0.1, 0.15) is 11.1 Å². The smallest absolute Gasteiger partial charge is 0.394 e. The summed E-state index contributed by atoms with van der Waals surface area (Å²) >= 11 is 0. The number of benzene rings is 1. The van der Waals surface area contributed by atoms with Crippen LogP contribution in [0.15, 0.2) is 35.8 Å². The van der Waals surface area contributed by atoms with Crippen LogP contribution in [0.4, 0.5) is 18.0 Å². The van der Waals surface area contributed by atoms with E-state index in [9.17, 15) is 23.1 Å². The maximum atomic E-state index is 12.6. The van der Waals surface area contributed by atoms with E-state index in [1.165, 1.54) is 19.2 Å². The standard InChI is InChI=1S/C17H23F3N4O4/c1-23-14(21)13(15(26)24(16(23)27)6-8-28-9-7-25)22-10-11-2-4-12(5-3-11)17(18,19)20/h2-5,15,22,25-26H,6-10,21H2,1H3. The van der Waals surface area contributed by atoms with Gasteiger partial charge in [0.1, 0.15) is 11.5 Å². The SMILES string of the molecule is CN1C(=O)N(CCOCCO)C(O)C(NCc2ccc(C(F)(F)F)cc2)=C1N. The first kappa shape index (κ1) is 21.8. The Morgan fingerprint density at radius 3 is 2.46 bits per heavy atom. The monoisotopic (exact) mass is 404 g/mol. The van der Waals surface area contributed by atoms with E-state index in [0.29, 0.717) is 5.56 Å². The molecule has 1 heterocycles. The highest BCUT2D eigenvalue weighted by molar-refractivity contribution is 5.78. The molecule has 0 radical (unpaired) electrons. The molecule has 1 aliphatic rings. The zero-order valence-corrected chi connectivity index (χ0v) is 15.2. The molecule has 0 aliphatic carbocycles. The molecule has 1 atom stereocenters. The number of nitrogens with one attached hydrogen (secondary N) is 1. The van der Waals surface area contributed by atoms with Crippen LogP contribution in [0.5, 0.6) is 0 Å². The van der Waals surface area contributed by atoms with Crippen molar-refractivity contribution in [3.8, 4) is 0 Å². The van der Waals surface area contributed by atoms with E-state index in [1.807, 2.05) is 0 Å². The first-order valence-corrected chi connectivity index (χ1v) is 8.47. The summed E-state index contributed by atoms with van der Waals surface area (Å²) in [6, 6.07) is 4.03. The van der Waals surface area contributed by atoms with Gasteiger partial charge in [0.15, 0.2) is 6.23 Å². The molecule has 2 rings (SSSR count). The van der Waals surface area contributed by atoms with Gasteiger partial charge >= 0.3 is 12.2 Å². The predicted molar refractivity (Wildman–Crippen MR) is 93.3 cm³/mol. The molecule has 1 unspecified atom stereocenters. The molecule has 28 heavy (non-hydrogen) atoms. The Morgan fingerprint density at radius 1 is 1.25 bits per heavy atom. The van der Waals surface area contributed by atoms with Crippen molar-refractivity contribution in [3.05, 3.63) is 46.9 Å². The normalized spacial score (nSPS) is 18.1. The molecule has 1 aliphatic heterocycles. The van der Waals surface area contributed by atoms with E-state index >= 15 is 0 Å². The third-order valence-corrected chi connectivity index (χ3v) is 4.20. The van der Waals surface area contributed by atoms with Crippen molar-refractivity contribution < 1.29 is 32.9 Å². The van der Waals surface area contributed by atoms with E-state index in [0.717, 1.165) is 21.9 Å². The number of rotatable bonds is 8. The fraction of sp³-hybridized carbons (Fsp3) is 0.471. The number of carbonyl (C=O) groups excluding carboxylic acids is 1. The van der Waals surface area contributed by atoms with E-state index in [-0.39, 0.29) is 44.4 Å². The lowest BCUT2D eigenvalue weighted by Crippen LogP contribution is -2.56. The first-order chi connectivity index (χ1) is 13.2. The number of aliphatic hydroxyl groups is 2. The van der Waals surface area contributed by atoms with E-state index in [2.05, 4.69) is 5.32 Å². The minimum Gasteiger partial charge on any atom is -0.394 e. The van der Waals surface area contributed by atoms with E-state index < -0.39 is 24.0 Å². The van der Waals surface area contributed by atoms with Gasteiger partial charge in [-0.25, -0.2) is 4.79 Å². The van der Waals surface area contributed by atoms with Crippen molar-refractivity contribution >= 4 is 6.03 Å². The number of hydrogen-bond acceptors (Lipinski definition) is 6. The van der Waals surface area contributed by atoms with Crippen molar-refractivity contribution in [2.24, 2.45) is 5.73 Å². The minimum atomic E-state index is -4.42. The molecule has 8 nitrogen and oxygen atoms in total. The van der Waals surface area contributed by atoms with Gasteiger partial charge in [0.2, 0.25) is 0 Å². The number of hydrogen-bond donors (Lipinski definition) is 4. The molecule has 1 aromatic rings. The fourth-order valence-corrected chi connectivity index (χ4v) is 2.61. The Bertz CT molecular complexity index is 709. The van der Waals surface area contributed by atoms with Crippen molar-refractivity contribution in [3.63, 3.8) is 0 Å². The zero-order valence-electron chi connectivity index (χ0n) is 15.2. The van der Waals surface area contributed by atoms with Gasteiger partial charge in [-0.2, -0.15) is 13.2 Å². The number of nitrogens with zero attached hydrogens (tertiary/aromatic N) is 2. The Morgan fingerprint density at radius 2 is 1.89 bits per heavy atom. The lowest BCUT2D eigenvalue weighted by Gasteiger charge is -2.39. The summed E-state index contributed by atoms with van der Waals surface area (Å²) in [6.45, 7) is 0.197. The second-order valence-corrected chi connectivity index (χ2v) is 6.09. The van der Waals surface area contributed by atoms with Crippen molar-refractivity contribution in [2.75, 3.05) is 33.4 Å². The van der Waals surface area contributed by atoms with Gasteiger partial charge in [0.25, 0.3) is 0 Å². The second kappa shape index (κ2) is 9.13. The first-order valence-electron chi connectivity index (χ1n) is 8.47. The molecule has 0 saturated carbocycles. The highest BCUT2D eigenvalue weighted by atomic mass is 19.4. The molecule has 0 spiro atoms. The summed E-state index contributed by atoms with van der Waals surface area (Å²) in [5, 5.41) is 22.1. The Balaban J connectivity index is 2.06. The molecule has 156 valence electrons. The van der Waals surface area contributed by atoms with Gasteiger partial charge in [-0.15, -0.1) is 0 Å². The van der Waals surface area contributed by atoms with Crippen LogP contribution in [0.25, 0.3) is 0 Å². The van der Waals surface area contributed by atoms with Crippen LogP contribution in [0, 0.1) is 0 Å². The summed E-state index contributed by atoms with van der Waals surface area (Å²) in [5.41, 5.74) is 5.85. The number of alkyl halides is 3. The molecule has 1 aromatic carbocycles. The van der Waals surface area contributed by atoms with Gasteiger partial charge in [-0.1, -0.05) is 12.1 Å². The van der Waals surface area contributed by atoms with Crippen LogP contribution in [0.2, 0.25) is 0 Å². The second-order valence-electron chi connectivity index (χ2n) is 6.09. The van der Waals surface area contributed by atoms with Gasteiger partial charge in [0.05, 0.1) is 25.4 Å². The topological polar surface area (TPSA) is 111 Å². The molecule has 11 heteroatoms. The average Bonchev–Trinajstić information content (AvgIpc) is 2.65. The van der Waals surface area contributed by atoms with Crippen molar-refractivity contribution in [2.45, 2.75) is 18.9 Å². The van der Waals surface area contributed by atoms with E-state index in [4.69, 9.17) is 15.6 Å². The molecular weight excluding hydrogens is 381 g/mol. The Kier molecular flexibility index (Phi) is 7.11. The van der Waals surface area contributed by atoms with Crippen molar-refractivity contribution in [1.82, 2.24) is 15.1 Å². The minimum absolute atomic E-state index is 0.0111. The Labute approximate surface area is 160 Å². The number of urea groups is 1. The molecule has 0 fully saturated rings. The summed E-state index contributed by atoms with van der Waals surface area (Å²) in [5.74, 6) is 0.0111. The summed E-state index contributed by atoms with van der Waals surface area (Å²) in [4.78, 5) is 14.6. The number of ether oxygens (including phenoxy) is 1. The number of halogens is 3. The lowest BCUT2D eigenvalue weighted by molar-refractivity contribution is -0.137.